The zero-order valence-electron chi connectivity index (χ0n) is 17.8. The highest BCUT2D eigenvalue weighted by molar-refractivity contribution is 5.91. The Morgan fingerprint density at radius 1 is 1.00 bits per heavy atom. The molecule has 0 aliphatic carbocycles. The summed E-state index contributed by atoms with van der Waals surface area (Å²) in [5.41, 5.74) is 2.50. The smallest absolute Gasteiger partial charge is 0.336 e. The Hall–Kier alpha value is -4.12. The van der Waals surface area contributed by atoms with E-state index in [9.17, 15) is 9.59 Å². The summed E-state index contributed by atoms with van der Waals surface area (Å²) in [6, 6.07) is 21.8. The summed E-state index contributed by atoms with van der Waals surface area (Å²) in [7, 11) is 1.59. The number of methoxy groups -OCH3 is 1. The molecule has 32 heavy (non-hydrogen) atoms. The Bertz CT molecular complexity index is 1330. The van der Waals surface area contributed by atoms with Gasteiger partial charge in [0.05, 0.1) is 12.5 Å². The van der Waals surface area contributed by atoms with Crippen LogP contribution in [0, 0.1) is 0 Å². The van der Waals surface area contributed by atoms with Crippen LogP contribution in [0.25, 0.3) is 28.4 Å². The van der Waals surface area contributed by atoms with Gasteiger partial charge < -0.3 is 13.9 Å². The number of rotatable bonds is 6. The lowest BCUT2D eigenvalue weighted by atomic mass is 10.1. The molecule has 4 aromatic rings. The number of carbonyl (C=O) groups is 1. The number of hydrogen-bond acceptors (Lipinski definition) is 5. The second-order valence-electron chi connectivity index (χ2n) is 7.17. The number of hydrogen-bond donors (Lipinski definition) is 0. The van der Waals surface area contributed by atoms with Gasteiger partial charge in [0.2, 0.25) is 11.2 Å². The highest BCUT2D eigenvalue weighted by Crippen LogP contribution is 2.31. The average Bonchev–Trinajstić information content (AvgIpc) is 2.85. The topological polar surface area (TPSA) is 65.7 Å². The lowest BCUT2D eigenvalue weighted by molar-refractivity contribution is -0.129. The molecule has 0 unspecified atom stereocenters. The molecule has 0 spiro atoms. The zero-order chi connectivity index (χ0) is 22.5. The first-order chi connectivity index (χ1) is 15.6. The van der Waals surface area contributed by atoms with Gasteiger partial charge in [0.25, 0.3) is 0 Å². The minimum atomic E-state index is -0.670. The fraction of sp³-hybridized carbons (Fsp3) is 0.111. The van der Waals surface area contributed by atoms with Gasteiger partial charge in [-0.1, -0.05) is 55.5 Å². The maximum Gasteiger partial charge on any atom is 0.336 e. The van der Waals surface area contributed by atoms with Gasteiger partial charge in [0, 0.05) is 11.6 Å². The molecule has 0 bridgehead atoms. The minimum absolute atomic E-state index is 0.124. The molecule has 1 aromatic heterocycles. The predicted molar refractivity (Wildman–Crippen MR) is 125 cm³/mol. The second-order valence-corrected chi connectivity index (χ2v) is 7.17. The largest absolute Gasteiger partial charge is 0.497 e. The first-order valence-corrected chi connectivity index (χ1v) is 10.3. The van der Waals surface area contributed by atoms with E-state index >= 15 is 0 Å². The summed E-state index contributed by atoms with van der Waals surface area (Å²) in [4.78, 5) is 25.9. The molecule has 1 heterocycles. The molecule has 0 atom stereocenters. The number of esters is 1. The highest BCUT2D eigenvalue weighted by Gasteiger charge is 2.20. The van der Waals surface area contributed by atoms with Crippen molar-refractivity contribution >= 4 is 23.0 Å². The zero-order valence-corrected chi connectivity index (χ0v) is 17.8. The Balaban J connectivity index is 1.73. The van der Waals surface area contributed by atoms with Crippen LogP contribution < -0.4 is 14.9 Å². The van der Waals surface area contributed by atoms with Crippen LogP contribution in [0.1, 0.15) is 18.1 Å². The van der Waals surface area contributed by atoms with Crippen molar-refractivity contribution in [2.45, 2.75) is 13.3 Å². The second kappa shape index (κ2) is 9.35. The van der Waals surface area contributed by atoms with E-state index in [1.165, 1.54) is 6.08 Å². The third-order valence-electron chi connectivity index (χ3n) is 5.09. The van der Waals surface area contributed by atoms with Crippen molar-refractivity contribution in [2.75, 3.05) is 7.11 Å². The van der Waals surface area contributed by atoms with Crippen molar-refractivity contribution in [3.05, 3.63) is 100 Å². The molecule has 0 radical (unpaired) electrons. The van der Waals surface area contributed by atoms with Crippen LogP contribution >= 0.6 is 0 Å². The molecule has 0 N–H and O–H groups in total. The molecule has 0 fully saturated rings. The fourth-order valence-corrected chi connectivity index (χ4v) is 3.33. The Labute approximate surface area is 185 Å². The van der Waals surface area contributed by atoms with Crippen molar-refractivity contribution in [2.24, 2.45) is 0 Å². The van der Waals surface area contributed by atoms with E-state index in [2.05, 4.69) is 0 Å². The van der Waals surface area contributed by atoms with Crippen LogP contribution in [0.15, 0.2) is 88.1 Å². The van der Waals surface area contributed by atoms with E-state index in [0.717, 1.165) is 23.3 Å². The number of fused-ring (bicyclic) bond motifs is 1. The Kier molecular flexibility index (Phi) is 6.17. The third-order valence-corrected chi connectivity index (χ3v) is 5.09. The fourth-order valence-electron chi connectivity index (χ4n) is 3.33. The number of ether oxygens (including phenoxy) is 2. The third kappa shape index (κ3) is 4.47. The minimum Gasteiger partial charge on any atom is -0.497 e. The van der Waals surface area contributed by atoms with Gasteiger partial charge in [0.15, 0.2) is 5.76 Å². The van der Waals surface area contributed by atoms with Crippen molar-refractivity contribution in [1.29, 1.82) is 0 Å². The van der Waals surface area contributed by atoms with Crippen molar-refractivity contribution in [3.63, 3.8) is 0 Å². The summed E-state index contributed by atoms with van der Waals surface area (Å²) < 4.78 is 16.7. The molecule has 3 aromatic carbocycles. The summed E-state index contributed by atoms with van der Waals surface area (Å²) >= 11 is 0. The average molecular weight is 426 g/mol. The maximum atomic E-state index is 13.3. The van der Waals surface area contributed by atoms with Gasteiger partial charge >= 0.3 is 5.97 Å². The number of benzene rings is 3. The van der Waals surface area contributed by atoms with E-state index in [-0.39, 0.29) is 16.9 Å². The molecule has 0 saturated heterocycles. The summed E-state index contributed by atoms with van der Waals surface area (Å²) in [5.74, 6) is 0.147. The van der Waals surface area contributed by atoms with Gasteiger partial charge in [-0.05, 0) is 47.9 Å². The molecule has 0 aliphatic heterocycles. The van der Waals surface area contributed by atoms with Crippen molar-refractivity contribution < 1.29 is 18.7 Å². The molecule has 0 amide bonds. The SMILES string of the molecule is CCc1ccc2oc(-c3ccccc3)c(OC(=O)/C=C/c3ccc(OC)cc3)c(=O)c2c1. The quantitative estimate of drug-likeness (QED) is 0.294. The molecule has 4 rings (SSSR count). The predicted octanol–water partition coefficient (Wildman–Crippen LogP) is 5.65. The van der Waals surface area contributed by atoms with Crippen LogP contribution in [0.3, 0.4) is 0 Å². The standard InChI is InChI=1S/C27H22O5/c1-3-18-11-15-23-22(17-18)25(29)27(26(31-23)20-7-5-4-6-8-20)32-24(28)16-12-19-9-13-21(30-2)14-10-19/h4-17H,3H2,1-2H3/b16-12+. The number of carbonyl (C=O) groups excluding carboxylic acids is 1. The van der Waals surface area contributed by atoms with Gasteiger partial charge in [-0.15, -0.1) is 0 Å². The van der Waals surface area contributed by atoms with Crippen LogP contribution in [0.4, 0.5) is 0 Å². The summed E-state index contributed by atoms with van der Waals surface area (Å²) in [6.45, 7) is 2.01. The van der Waals surface area contributed by atoms with Gasteiger partial charge in [-0.25, -0.2) is 4.79 Å². The summed E-state index contributed by atoms with van der Waals surface area (Å²) in [6.07, 6.45) is 3.67. The van der Waals surface area contributed by atoms with Crippen LogP contribution in [0.5, 0.6) is 11.5 Å². The highest BCUT2D eigenvalue weighted by atomic mass is 16.5. The molecule has 160 valence electrons. The molecule has 5 heteroatoms. The normalized spacial score (nSPS) is 11.1. The van der Waals surface area contributed by atoms with E-state index in [0.29, 0.717) is 16.5 Å². The van der Waals surface area contributed by atoms with Crippen LogP contribution in [-0.2, 0) is 11.2 Å². The molecule has 0 saturated carbocycles. The Morgan fingerprint density at radius 3 is 2.44 bits per heavy atom. The lowest BCUT2D eigenvalue weighted by Gasteiger charge is -2.10. The van der Waals surface area contributed by atoms with Gasteiger partial charge in [-0.3, -0.25) is 4.79 Å². The van der Waals surface area contributed by atoms with E-state index in [1.54, 1.807) is 49.6 Å². The monoisotopic (exact) mass is 426 g/mol. The summed E-state index contributed by atoms with van der Waals surface area (Å²) in [5, 5.41) is 0.381. The first kappa shape index (κ1) is 21.1. The van der Waals surface area contributed by atoms with Crippen molar-refractivity contribution in [1.82, 2.24) is 0 Å². The van der Waals surface area contributed by atoms with E-state index in [4.69, 9.17) is 13.9 Å². The van der Waals surface area contributed by atoms with Crippen LogP contribution in [-0.4, -0.2) is 13.1 Å². The molecule has 0 aliphatic rings. The maximum absolute atomic E-state index is 13.3. The van der Waals surface area contributed by atoms with Crippen molar-refractivity contribution in [3.8, 4) is 22.8 Å². The van der Waals surface area contributed by atoms with Gasteiger partial charge in [-0.2, -0.15) is 0 Å². The van der Waals surface area contributed by atoms with E-state index in [1.807, 2.05) is 43.3 Å². The molecular formula is C27H22O5. The molecular weight excluding hydrogens is 404 g/mol. The lowest BCUT2D eigenvalue weighted by Crippen LogP contribution is -2.14. The number of aryl methyl sites for hydroxylation is 1. The van der Waals surface area contributed by atoms with Gasteiger partial charge in [0.1, 0.15) is 11.3 Å². The first-order valence-electron chi connectivity index (χ1n) is 10.3. The molecule has 5 nitrogen and oxygen atoms in total. The van der Waals surface area contributed by atoms with E-state index < -0.39 is 5.97 Å². The Morgan fingerprint density at radius 2 is 1.75 bits per heavy atom. The van der Waals surface area contributed by atoms with Crippen LogP contribution in [0.2, 0.25) is 0 Å².